The lowest BCUT2D eigenvalue weighted by Crippen LogP contribution is -2.32. The topological polar surface area (TPSA) is 45.2 Å². The van der Waals surface area contributed by atoms with E-state index in [4.69, 9.17) is 0 Å². The van der Waals surface area contributed by atoms with Gasteiger partial charge < -0.3 is 10.2 Å². The van der Waals surface area contributed by atoms with Crippen LogP contribution in [0, 0.1) is 0 Å². The number of nitrogens with one attached hydrogen (secondary N) is 1. The number of carbonyl (C=O) groups is 1. The van der Waals surface area contributed by atoms with Crippen LogP contribution in [-0.2, 0) is 4.79 Å². The van der Waals surface area contributed by atoms with Crippen LogP contribution in [0.2, 0.25) is 0 Å². The van der Waals surface area contributed by atoms with Crippen LogP contribution in [0.25, 0.3) is 10.2 Å². The molecule has 1 aliphatic rings. The smallest absolute Gasteiger partial charge is 0.241 e. The Balaban J connectivity index is 1.66. The molecule has 0 radical (unpaired) electrons. The van der Waals surface area contributed by atoms with E-state index >= 15 is 0 Å². The molecular formula is C13H14BrN3OS. The molecule has 1 fully saturated rings. The average Bonchev–Trinajstić information content (AvgIpc) is 3.04. The summed E-state index contributed by atoms with van der Waals surface area (Å²) in [7, 11) is 0. The minimum absolute atomic E-state index is 0.165. The van der Waals surface area contributed by atoms with E-state index in [1.807, 2.05) is 23.1 Å². The zero-order valence-electron chi connectivity index (χ0n) is 10.4. The average molecular weight is 340 g/mol. The minimum Gasteiger partial charge on any atom is -0.352 e. The highest BCUT2D eigenvalue weighted by Crippen LogP contribution is 2.28. The number of benzene rings is 1. The first-order valence-electron chi connectivity index (χ1n) is 6.30. The Labute approximate surface area is 123 Å². The van der Waals surface area contributed by atoms with E-state index < -0.39 is 0 Å². The van der Waals surface area contributed by atoms with E-state index in [1.165, 1.54) is 0 Å². The van der Waals surface area contributed by atoms with E-state index in [0.29, 0.717) is 6.54 Å². The highest BCUT2D eigenvalue weighted by Gasteiger charge is 2.17. The number of aromatic nitrogens is 1. The zero-order valence-corrected chi connectivity index (χ0v) is 12.8. The summed E-state index contributed by atoms with van der Waals surface area (Å²) in [5.74, 6) is 0.165. The first kappa shape index (κ1) is 12.9. The lowest BCUT2D eigenvalue weighted by molar-refractivity contribution is -0.128. The number of thiazole rings is 1. The molecule has 3 rings (SSSR count). The largest absolute Gasteiger partial charge is 0.352 e. The van der Waals surface area contributed by atoms with Crippen molar-refractivity contribution in [2.45, 2.75) is 12.8 Å². The summed E-state index contributed by atoms with van der Waals surface area (Å²) in [6.45, 7) is 2.13. The third-order valence-corrected chi connectivity index (χ3v) is 4.67. The molecule has 1 saturated heterocycles. The van der Waals surface area contributed by atoms with Gasteiger partial charge in [0.25, 0.3) is 0 Å². The van der Waals surface area contributed by atoms with Crippen molar-refractivity contribution in [3.63, 3.8) is 0 Å². The summed E-state index contributed by atoms with van der Waals surface area (Å²) in [6, 6.07) is 5.99. The number of hydrogen-bond donors (Lipinski definition) is 1. The van der Waals surface area contributed by atoms with Crippen molar-refractivity contribution in [3.05, 3.63) is 22.7 Å². The molecule has 1 aliphatic heterocycles. The lowest BCUT2D eigenvalue weighted by Gasteiger charge is -2.14. The summed E-state index contributed by atoms with van der Waals surface area (Å²) in [4.78, 5) is 18.3. The van der Waals surface area contributed by atoms with Gasteiger partial charge in [-0.1, -0.05) is 27.3 Å². The maximum Gasteiger partial charge on any atom is 0.241 e. The number of carbonyl (C=O) groups excluding carboxylic acids is 1. The molecule has 2 aromatic rings. The number of halogens is 1. The Morgan fingerprint density at radius 2 is 2.21 bits per heavy atom. The third-order valence-electron chi connectivity index (χ3n) is 3.20. The van der Waals surface area contributed by atoms with Gasteiger partial charge in [-0.15, -0.1) is 0 Å². The summed E-state index contributed by atoms with van der Waals surface area (Å²) in [5, 5.41) is 3.94. The molecule has 0 unspecified atom stereocenters. The Hall–Kier alpha value is -1.14. The Morgan fingerprint density at radius 1 is 1.42 bits per heavy atom. The predicted octanol–water partition coefficient (Wildman–Crippen LogP) is 3.09. The number of nitrogens with zero attached hydrogens (tertiary/aromatic N) is 2. The van der Waals surface area contributed by atoms with E-state index in [-0.39, 0.29) is 5.91 Å². The number of amides is 1. The van der Waals surface area contributed by atoms with Crippen LogP contribution < -0.4 is 5.32 Å². The van der Waals surface area contributed by atoms with Crippen molar-refractivity contribution in [2.75, 3.05) is 25.0 Å². The van der Waals surface area contributed by atoms with Gasteiger partial charge in [0.1, 0.15) is 0 Å². The molecule has 1 aromatic heterocycles. The van der Waals surface area contributed by atoms with Gasteiger partial charge >= 0.3 is 0 Å². The van der Waals surface area contributed by atoms with E-state index in [0.717, 1.165) is 45.8 Å². The van der Waals surface area contributed by atoms with E-state index in [2.05, 4.69) is 26.2 Å². The zero-order chi connectivity index (χ0) is 13.2. The van der Waals surface area contributed by atoms with Crippen molar-refractivity contribution in [3.8, 4) is 0 Å². The van der Waals surface area contributed by atoms with Gasteiger partial charge in [-0.05, 0) is 31.0 Å². The van der Waals surface area contributed by atoms with Crippen LogP contribution in [0.4, 0.5) is 5.13 Å². The highest BCUT2D eigenvalue weighted by atomic mass is 79.9. The number of fused-ring (bicyclic) bond motifs is 1. The molecule has 0 saturated carbocycles. The van der Waals surface area contributed by atoms with Crippen molar-refractivity contribution in [1.29, 1.82) is 0 Å². The van der Waals surface area contributed by atoms with Crippen LogP contribution in [0.5, 0.6) is 0 Å². The monoisotopic (exact) mass is 339 g/mol. The fourth-order valence-corrected chi connectivity index (χ4v) is 3.62. The molecule has 2 heterocycles. The van der Waals surface area contributed by atoms with Crippen molar-refractivity contribution >= 4 is 48.5 Å². The Kier molecular flexibility index (Phi) is 3.70. The first-order valence-corrected chi connectivity index (χ1v) is 7.91. The summed E-state index contributed by atoms with van der Waals surface area (Å²) in [5.41, 5.74) is 0.962. The number of likely N-dealkylation sites (tertiary alicyclic amines) is 1. The number of rotatable bonds is 3. The number of anilines is 1. The molecule has 0 atom stereocenters. The second kappa shape index (κ2) is 5.46. The molecule has 0 aliphatic carbocycles. The van der Waals surface area contributed by atoms with E-state index in [1.54, 1.807) is 11.3 Å². The molecule has 4 nitrogen and oxygen atoms in total. The lowest BCUT2D eigenvalue weighted by atomic mass is 10.3. The van der Waals surface area contributed by atoms with Crippen molar-refractivity contribution < 1.29 is 4.79 Å². The van der Waals surface area contributed by atoms with Gasteiger partial charge in [0.05, 0.1) is 16.8 Å². The molecule has 100 valence electrons. The van der Waals surface area contributed by atoms with Crippen molar-refractivity contribution in [1.82, 2.24) is 9.88 Å². The van der Waals surface area contributed by atoms with Gasteiger partial charge in [0.2, 0.25) is 5.91 Å². The van der Waals surface area contributed by atoms with Crippen LogP contribution in [-0.4, -0.2) is 35.4 Å². The first-order chi connectivity index (χ1) is 9.22. The fraction of sp³-hybridized carbons (Fsp3) is 0.385. The van der Waals surface area contributed by atoms with Crippen LogP contribution >= 0.6 is 27.3 Å². The van der Waals surface area contributed by atoms with Gasteiger partial charge in [-0.3, -0.25) is 4.79 Å². The van der Waals surface area contributed by atoms with Gasteiger partial charge in [0.15, 0.2) is 5.13 Å². The highest BCUT2D eigenvalue weighted by molar-refractivity contribution is 9.10. The predicted molar refractivity (Wildman–Crippen MR) is 81.6 cm³/mol. The fourth-order valence-electron chi connectivity index (χ4n) is 2.20. The SMILES string of the molecule is O=C(CNc1nc2ccc(Br)cc2s1)N1CCCC1. The molecule has 19 heavy (non-hydrogen) atoms. The summed E-state index contributed by atoms with van der Waals surface area (Å²) >= 11 is 5.02. The van der Waals surface area contributed by atoms with Crippen LogP contribution in [0.3, 0.4) is 0 Å². The van der Waals surface area contributed by atoms with Crippen LogP contribution in [0.1, 0.15) is 12.8 Å². The summed E-state index contributed by atoms with van der Waals surface area (Å²) < 4.78 is 2.16. The second-order valence-electron chi connectivity index (χ2n) is 4.57. The maximum atomic E-state index is 11.9. The van der Waals surface area contributed by atoms with E-state index in [9.17, 15) is 4.79 Å². The minimum atomic E-state index is 0.165. The summed E-state index contributed by atoms with van der Waals surface area (Å²) in [6.07, 6.45) is 2.25. The molecular weight excluding hydrogens is 326 g/mol. The quantitative estimate of drug-likeness (QED) is 0.934. The molecule has 1 aromatic carbocycles. The van der Waals surface area contributed by atoms with Crippen LogP contribution in [0.15, 0.2) is 22.7 Å². The molecule has 0 spiro atoms. The van der Waals surface area contributed by atoms with Gasteiger partial charge in [-0.2, -0.15) is 0 Å². The molecule has 0 bridgehead atoms. The normalized spacial score (nSPS) is 15.1. The Bertz CT molecular complexity index is 607. The molecule has 1 N–H and O–H groups in total. The Morgan fingerprint density at radius 3 is 3.00 bits per heavy atom. The molecule has 6 heteroatoms. The third kappa shape index (κ3) is 2.90. The molecule has 1 amide bonds. The number of hydrogen-bond acceptors (Lipinski definition) is 4. The standard InChI is InChI=1S/C13H14BrN3OS/c14-9-3-4-10-11(7-9)19-13(16-10)15-8-12(18)17-5-1-2-6-17/h3-4,7H,1-2,5-6,8H2,(H,15,16). The maximum absolute atomic E-state index is 11.9. The van der Waals surface area contributed by atoms with Gasteiger partial charge in [0, 0.05) is 17.6 Å². The second-order valence-corrected chi connectivity index (χ2v) is 6.52. The van der Waals surface area contributed by atoms with Gasteiger partial charge in [-0.25, -0.2) is 4.98 Å². The van der Waals surface area contributed by atoms with Crippen molar-refractivity contribution in [2.24, 2.45) is 0 Å².